The highest BCUT2D eigenvalue weighted by Gasteiger charge is 2.41. The van der Waals surface area contributed by atoms with Crippen LogP contribution in [0.2, 0.25) is 0 Å². The largest absolute Gasteiger partial charge is 0.387 e. The molecule has 1 aromatic heterocycles. The summed E-state index contributed by atoms with van der Waals surface area (Å²) in [5.74, 6) is 0.837. The first-order valence-electron chi connectivity index (χ1n) is 7.24. The first-order valence-corrected chi connectivity index (χ1v) is 8.91. The summed E-state index contributed by atoms with van der Waals surface area (Å²) in [5.41, 5.74) is 5.93. The molecule has 0 amide bonds. The molecule has 2 rings (SSSR count). The van der Waals surface area contributed by atoms with Gasteiger partial charge in [0.2, 0.25) is 0 Å². The number of aliphatic hydroxyl groups is 1. The Kier molecular flexibility index (Phi) is 5.46. The van der Waals surface area contributed by atoms with E-state index in [1.807, 2.05) is 11.4 Å². The topological polar surface area (TPSA) is 46.2 Å². The van der Waals surface area contributed by atoms with Crippen LogP contribution in [0.1, 0.15) is 56.4 Å². The van der Waals surface area contributed by atoms with Gasteiger partial charge in [-0.25, -0.2) is 0 Å². The summed E-state index contributed by atoms with van der Waals surface area (Å²) in [6.07, 6.45) is 6.70. The Morgan fingerprint density at radius 1 is 1.53 bits per heavy atom. The molecule has 1 saturated carbocycles. The predicted octanol–water partition coefficient (Wildman–Crippen LogP) is 4.48. The standard InChI is InChI=1S/C15H24BrNOS/c1-2-3-11-4-7-15(10-17,8-5-11)14(18)13-12(16)6-9-19-13/h6,9,11,14,18H,2-5,7-8,10,17H2,1H3. The van der Waals surface area contributed by atoms with Gasteiger partial charge in [0.15, 0.2) is 0 Å². The van der Waals surface area contributed by atoms with Crippen molar-refractivity contribution in [2.75, 3.05) is 6.54 Å². The van der Waals surface area contributed by atoms with Gasteiger partial charge in [0.1, 0.15) is 0 Å². The molecule has 19 heavy (non-hydrogen) atoms. The van der Waals surface area contributed by atoms with Crippen LogP contribution in [0.4, 0.5) is 0 Å². The van der Waals surface area contributed by atoms with Crippen molar-refractivity contribution in [1.29, 1.82) is 0 Å². The van der Waals surface area contributed by atoms with Gasteiger partial charge in [-0.1, -0.05) is 19.8 Å². The molecule has 0 bridgehead atoms. The average Bonchev–Trinajstić information content (AvgIpc) is 2.85. The molecule has 1 aliphatic rings. The zero-order chi connectivity index (χ0) is 13.9. The van der Waals surface area contributed by atoms with E-state index >= 15 is 0 Å². The van der Waals surface area contributed by atoms with E-state index in [4.69, 9.17) is 5.73 Å². The van der Waals surface area contributed by atoms with E-state index in [0.717, 1.165) is 28.1 Å². The number of hydrogen-bond donors (Lipinski definition) is 2. The van der Waals surface area contributed by atoms with Crippen molar-refractivity contribution in [3.05, 3.63) is 20.8 Å². The van der Waals surface area contributed by atoms with Gasteiger partial charge in [0, 0.05) is 21.3 Å². The lowest BCUT2D eigenvalue weighted by Gasteiger charge is -2.42. The summed E-state index contributed by atoms with van der Waals surface area (Å²) in [4.78, 5) is 1.04. The highest BCUT2D eigenvalue weighted by Crippen LogP contribution is 2.49. The number of rotatable bonds is 5. The number of aliphatic hydroxyl groups excluding tert-OH is 1. The van der Waals surface area contributed by atoms with Gasteiger partial charge in [-0.15, -0.1) is 11.3 Å². The van der Waals surface area contributed by atoms with Gasteiger partial charge in [0.25, 0.3) is 0 Å². The Hall–Kier alpha value is 0.100. The van der Waals surface area contributed by atoms with Crippen LogP contribution in [0.3, 0.4) is 0 Å². The highest BCUT2D eigenvalue weighted by atomic mass is 79.9. The van der Waals surface area contributed by atoms with Crippen molar-refractivity contribution in [2.45, 2.75) is 51.6 Å². The second-order valence-electron chi connectivity index (χ2n) is 5.83. The van der Waals surface area contributed by atoms with Crippen LogP contribution < -0.4 is 5.73 Å². The number of halogens is 1. The summed E-state index contributed by atoms with van der Waals surface area (Å²) < 4.78 is 1.02. The normalized spacial score (nSPS) is 29.4. The Bertz CT molecular complexity index is 399. The van der Waals surface area contributed by atoms with E-state index in [1.165, 1.54) is 25.7 Å². The molecular formula is C15H24BrNOS. The minimum absolute atomic E-state index is 0.113. The predicted molar refractivity (Wildman–Crippen MR) is 85.3 cm³/mol. The maximum Gasteiger partial charge on any atom is 0.0961 e. The van der Waals surface area contributed by atoms with Gasteiger partial charge in [0.05, 0.1) is 6.10 Å². The lowest BCUT2D eigenvalue weighted by Crippen LogP contribution is -2.40. The summed E-state index contributed by atoms with van der Waals surface area (Å²) in [6, 6.07) is 2.01. The van der Waals surface area contributed by atoms with Crippen molar-refractivity contribution in [3.63, 3.8) is 0 Å². The van der Waals surface area contributed by atoms with Crippen LogP contribution in [0.15, 0.2) is 15.9 Å². The first-order chi connectivity index (χ1) is 9.13. The second kappa shape index (κ2) is 6.70. The zero-order valence-electron chi connectivity index (χ0n) is 11.6. The fraction of sp³-hybridized carbons (Fsp3) is 0.733. The van der Waals surface area contributed by atoms with E-state index in [9.17, 15) is 5.11 Å². The Morgan fingerprint density at radius 3 is 2.68 bits per heavy atom. The van der Waals surface area contributed by atoms with Crippen LogP contribution in [-0.2, 0) is 0 Å². The number of nitrogens with two attached hydrogens (primary N) is 1. The van der Waals surface area contributed by atoms with Crippen LogP contribution in [0.25, 0.3) is 0 Å². The average molecular weight is 346 g/mol. The van der Waals surface area contributed by atoms with Crippen molar-refractivity contribution in [1.82, 2.24) is 0 Å². The lowest BCUT2D eigenvalue weighted by molar-refractivity contribution is -0.00897. The minimum Gasteiger partial charge on any atom is -0.387 e. The van der Waals surface area contributed by atoms with Crippen LogP contribution in [0.5, 0.6) is 0 Å². The third-order valence-corrected chi connectivity index (χ3v) is 6.60. The Morgan fingerprint density at radius 2 is 2.21 bits per heavy atom. The molecule has 0 saturated heterocycles. The van der Waals surface area contributed by atoms with Gasteiger partial charge < -0.3 is 10.8 Å². The van der Waals surface area contributed by atoms with E-state index in [2.05, 4.69) is 22.9 Å². The van der Waals surface area contributed by atoms with Gasteiger partial charge in [-0.05, 0) is 59.0 Å². The van der Waals surface area contributed by atoms with Crippen LogP contribution >= 0.6 is 27.3 Å². The summed E-state index contributed by atoms with van der Waals surface area (Å²) in [7, 11) is 0. The van der Waals surface area contributed by atoms with Crippen molar-refractivity contribution < 1.29 is 5.11 Å². The van der Waals surface area contributed by atoms with Gasteiger partial charge >= 0.3 is 0 Å². The molecular weight excluding hydrogens is 322 g/mol. The third-order valence-electron chi connectivity index (χ3n) is 4.68. The molecule has 1 aliphatic carbocycles. The van der Waals surface area contributed by atoms with E-state index < -0.39 is 6.10 Å². The first kappa shape index (κ1) is 15.5. The maximum absolute atomic E-state index is 10.8. The molecule has 1 aromatic rings. The Labute approximate surface area is 128 Å². The summed E-state index contributed by atoms with van der Waals surface area (Å²) in [5, 5.41) is 12.8. The zero-order valence-corrected chi connectivity index (χ0v) is 14.0. The molecule has 0 radical (unpaired) electrons. The Balaban J connectivity index is 2.10. The van der Waals surface area contributed by atoms with Gasteiger partial charge in [-0.2, -0.15) is 0 Å². The fourth-order valence-corrected chi connectivity index (χ4v) is 5.03. The lowest BCUT2D eigenvalue weighted by atomic mass is 9.66. The summed E-state index contributed by atoms with van der Waals surface area (Å²) in [6.45, 7) is 2.83. The number of thiophene rings is 1. The molecule has 0 aromatic carbocycles. The highest BCUT2D eigenvalue weighted by molar-refractivity contribution is 9.10. The quantitative estimate of drug-likeness (QED) is 0.826. The molecule has 0 aliphatic heterocycles. The van der Waals surface area contributed by atoms with E-state index in [1.54, 1.807) is 11.3 Å². The fourth-order valence-electron chi connectivity index (χ4n) is 3.32. The third kappa shape index (κ3) is 3.23. The van der Waals surface area contributed by atoms with Crippen molar-refractivity contribution >= 4 is 27.3 Å². The van der Waals surface area contributed by atoms with E-state index in [0.29, 0.717) is 6.54 Å². The smallest absolute Gasteiger partial charge is 0.0961 e. The van der Waals surface area contributed by atoms with Crippen LogP contribution in [0, 0.1) is 11.3 Å². The molecule has 3 N–H and O–H groups in total. The summed E-state index contributed by atoms with van der Waals surface area (Å²) >= 11 is 5.16. The molecule has 1 heterocycles. The molecule has 2 nitrogen and oxygen atoms in total. The van der Waals surface area contributed by atoms with E-state index in [-0.39, 0.29) is 5.41 Å². The van der Waals surface area contributed by atoms with Crippen molar-refractivity contribution in [2.24, 2.45) is 17.1 Å². The number of hydrogen-bond acceptors (Lipinski definition) is 3. The molecule has 1 unspecified atom stereocenters. The van der Waals surface area contributed by atoms with Crippen molar-refractivity contribution in [3.8, 4) is 0 Å². The minimum atomic E-state index is -0.422. The molecule has 1 atom stereocenters. The second-order valence-corrected chi connectivity index (χ2v) is 7.64. The monoisotopic (exact) mass is 345 g/mol. The van der Waals surface area contributed by atoms with Crippen LogP contribution in [-0.4, -0.2) is 11.7 Å². The molecule has 4 heteroatoms. The molecule has 1 fully saturated rings. The van der Waals surface area contributed by atoms with Gasteiger partial charge in [-0.3, -0.25) is 0 Å². The molecule has 0 spiro atoms. The SMILES string of the molecule is CCCC1CCC(CN)(C(O)c2sccc2Br)CC1. The molecule has 108 valence electrons. The maximum atomic E-state index is 10.8.